The maximum atomic E-state index is 13.0. The molecule has 0 spiro atoms. The summed E-state index contributed by atoms with van der Waals surface area (Å²) in [4.78, 5) is 26.9. The summed E-state index contributed by atoms with van der Waals surface area (Å²) in [7, 11) is 4.58. The van der Waals surface area contributed by atoms with Crippen molar-refractivity contribution in [3.05, 3.63) is 29.0 Å². The van der Waals surface area contributed by atoms with Gasteiger partial charge in [0, 0.05) is 6.54 Å². The van der Waals surface area contributed by atoms with E-state index in [0.29, 0.717) is 47.2 Å². The predicted octanol–water partition coefficient (Wildman–Crippen LogP) is 1.96. The SMILES string of the molecule is CCCCN1CC2=C(C1=O)[C@@H](c1cc(OC)c(OC)c(OC)c1)NC(=O)N2. The largest absolute Gasteiger partial charge is 0.493 e. The van der Waals surface area contributed by atoms with Crippen molar-refractivity contribution < 1.29 is 23.8 Å². The smallest absolute Gasteiger partial charge is 0.319 e. The van der Waals surface area contributed by atoms with E-state index in [0.717, 1.165) is 12.8 Å². The number of unbranched alkanes of at least 4 members (excludes halogenated alkanes) is 1. The van der Waals surface area contributed by atoms with Crippen LogP contribution >= 0.6 is 0 Å². The van der Waals surface area contributed by atoms with Gasteiger partial charge in [0.25, 0.3) is 5.91 Å². The van der Waals surface area contributed by atoms with Crippen molar-refractivity contribution in [2.75, 3.05) is 34.4 Å². The first kappa shape index (κ1) is 18.9. The van der Waals surface area contributed by atoms with E-state index in [1.807, 2.05) is 0 Å². The van der Waals surface area contributed by atoms with Crippen LogP contribution in [0.4, 0.5) is 4.79 Å². The van der Waals surface area contributed by atoms with E-state index >= 15 is 0 Å². The molecule has 1 atom stereocenters. The number of carbonyl (C=O) groups excluding carboxylic acids is 2. The lowest BCUT2D eigenvalue weighted by atomic mass is 9.95. The number of methoxy groups -OCH3 is 3. The molecule has 0 radical (unpaired) electrons. The second kappa shape index (κ2) is 7.77. The molecule has 1 aromatic rings. The Morgan fingerprint density at radius 3 is 2.33 bits per heavy atom. The van der Waals surface area contributed by atoms with Gasteiger partial charge in [-0.15, -0.1) is 0 Å². The number of nitrogens with one attached hydrogen (secondary N) is 2. The lowest BCUT2D eigenvalue weighted by Gasteiger charge is -2.26. The van der Waals surface area contributed by atoms with Gasteiger partial charge in [0.05, 0.1) is 45.2 Å². The predicted molar refractivity (Wildman–Crippen MR) is 99.0 cm³/mol. The van der Waals surface area contributed by atoms with Gasteiger partial charge in [-0.25, -0.2) is 4.79 Å². The molecule has 3 amide bonds. The number of rotatable bonds is 7. The van der Waals surface area contributed by atoms with Crippen LogP contribution in [0.1, 0.15) is 31.4 Å². The Balaban J connectivity index is 2.02. The molecular weight excluding hydrogens is 350 g/mol. The zero-order chi connectivity index (χ0) is 19.6. The third kappa shape index (κ3) is 3.39. The van der Waals surface area contributed by atoms with Crippen LogP contribution in [0.25, 0.3) is 0 Å². The highest BCUT2D eigenvalue weighted by atomic mass is 16.5. The molecule has 1 aromatic carbocycles. The molecule has 2 heterocycles. The zero-order valence-electron chi connectivity index (χ0n) is 16.0. The molecule has 0 saturated heterocycles. The Labute approximate surface area is 158 Å². The molecule has 2 N–H and O–H groups in total. The minimum atomic E-state index is -0.582. The van der Waals surface area contributed by atoms with Gasteiger partial charge >= 0.3 is 6.03 Å². The van der Waals surface area contributed by atoms with E-state index < -0.39 is 6.04 Å². The number of urea groups is 1. The normalized spacial score (nSPS) is 18.8. The van der Waals surface area contributed by atoms with Crippen LogP contribution in [-0.2, 0) is 4.79 Å². The molecule has 8 heteroatoms. The maximum absolute atomic E-state index is 13.0. The van der Waals surface area contributed by atoms with E-state index in [1.165, 1.54) is 21.3 Å². The Bertz CT molecular complexity index is 765. The molecule has 0 unspecified atom stereocenters. The van der Waals surface area contributed by atoms with Crippen molar-refractivity contribution >= 4 is 11.9 Å². The van der Waals surface area contributed by atoms with Crippen LogP contribution in [0.3, 0.4) is 0 Å². The van der Waals surface area contributed by atoms with Crippen molar-refractivity contribution in [2.24, 2.45) is 0 Å². The minimum absolute atomic E-state index is 0.0651. The Hall–Kier alpha value is -2.90. The van der Waals surface area contributed by atoms with Crippen molar-refractivity contribution in [3.8, 4) is 17.2 Å². The number of hydrogen-bond acceptors (Lipinski definition) is 5. The van der Waals surface area contributed by atoms with Crippen molar-refractivity contribution in [1.82, 2.24) is 15.5 Å². The second-order valence-electron chi connectivity index (χ2n) is 6.46. The first-order valence-electron chi connectivity index (χ1n) is 8.93. The first-order chi connectivity index (χ1) is 13.0. The van der Waals surface area contributed by atoms with Crippen LogP contribution in [0.2, 0.25) is 0 Å². The zero-order valence-corrected chi connectivity index (χ0v) is 16.0. The quantitative estimate of drug-likeness (QED) is 0.761. The summed E-state index contributed by atoms with van der Waals surface area (Å²) < 4.78 is 16.2. The van der Waals surface area contributed by atoms with Gasteiger partial charge in [-0.2, -0.15) is 0 Å². The average Bonchev–Trinajstić information content (AvgIpc) is 2.99. The van der Waals surface area contributed by atoms with Gasteiger partial charge < -0.3 is 29.7 Å². The fourth-order valence-corrected chi connectivity index (χ4v) is 3.48. The lowest BCUT2D eigenvalue weighted by molar-refractivity contribution is -0.125. The molecule has 2 aliphatic heterocycles. The van der Waals surface area contributed by atoms with Crippen LogP contribution < -0.4 is 24.8 Å². The number of amides is 3. The first-order valence-corrected chi connectivity index (χ1v) is 8.93. The Kier molecular flexibility index (Phi) is 5.43. The highest BCUT2D eigenvalue weighted by molar-refractivity contribution is 6.01. The summed E-state index contributed by atoms with van der Waals surface area (Å²) >= 11 is 0. The molecule has 3 rings (SSSR count). The van der Waals surface area contributed by atoms with Gasteiger partial charge in [-0.3, -0.25) is 4.79 Å². The molecule has 0 bridgehead atoms. The standard InChI is InChI=1S/C19H25N3O5/c1-5-6-7-22-10-12-15(18(22)23)16(21-19(24)20-12)11-8-13(25-2)17(27-4)14(9-11)26-3/h8-9,16H,5-7,10H2,1-4H3,(H2,20,21,24)/t16-/m1/s1. The highest BCUT2D eigenvalue weighted by Gasteiger charge is 2.40. The molecular formula is C19H25N3O5. The van der Waals surface area contributed by atoms with Gasteiger partial charge in [-0.05, 0) is 24.1 Å². The Morgan fingerprint density at radius 2 is 1.78 bits per heavy atom. The highest BCUT2D eigenvalue weighted by Crippen LogP contribution is 2.42. The number of nitrogens with zero attached hydrogens (tertiary/aromatic N) is 1. The fraction of sp³-hybridized carbons (Fsp3) is 0.474. The van der Waals surface area contributed by atoms with E-state index in [2.05, 4.69) is 17.6 Å². The van der Waals surface area contributed by atoms with Gasteiger partial charge in [-0.1, -0.05) is 13.3 Å². The van der Waals surface area contributed by atoms with Gasteiger partial charge in [0.2, 0.25) is 5.75 Å². The molecule has 0 fully saturated rings. The van der Waals surface area contributed by atoms with E-state index in [1.54, 1.807) is 17.0 Å². The second-order valence-corrected chi connectivity index (χ2v) is 6.46. The maximum Gasteiger partial charge on any atom is 0.319 e. The van der Waals surface area contributed by atoms with Crippen LogP contribution in [0, 0.1) is 0 Å². The lowest BCUT2D eigenvalue weighted by Crippen LogP contribution is -2.44. The molecule has 0 saturated carbocycles. The van der Waals surface area contributed by atoms with E-state index in [4.69, 9.17) is 14.2 Å². The van der Waals surface area contributed by atoms with Crippen LogP contribution in [0.15, 0.2) is 23.4 Å². The summed E-state index contributed by atoms with van der Waals surface area (Å²) in [6.07, 6.45) is 1.91. The number of ether oxygens (including phenoxy) is 3. The molecule has 27 heavy (non-hydrogen) atoms. The summed E-state index contributed by atoms with van der Waals surface area (Å²) in [5, 5.41) is 5.62. The van der Waals surface area contributed by atoms with E-state index in [-0.39, 0.29) is 11.9 Å². The van der Waals surface area contributed by atoms with Crippen LogP contribution in [-0.4, -0.2) is 51.3 Å². The van der Waals surface area contributed by atoms with Crippen molar-refractivity contribution in [2.45, 2.75) is 25.8 Å². The monoisotopic (exact) mass is 375 g/mol. The van der Waals surface area contributed by atoms with Crippen molar-refractivity contribution in [1.29, 1.82) is 0 Å². The third-order valence-corrected chi connectivity index (χ3v) is 4.82. The summed E-state index contributed by atoms with van der Waals surface area (Å²) in [6, 6.07) is 2.59. The Morgan fingerprint density at radius 1 is 1.11 bits per heavy atom. The molecule has 0 aliphatic carbocycles. The summed E-state index contributed by atoms with van der Waals surface area (Å²) in [6.45, 7) is 3.17. The summed E-state index contributed by atoms with van der Waals surface area (Å²) in [5.74, 6) is 1.33. The fourth-order valence-electron chi connectivity index (χ4n) is 3.48. The van der Waals surface area contributed by atoms with Gasteiger partial charge in [0.15, 0.2) is 11.5 Å². The number of carbonyl (C=O) groups is 2. The van der Waals surface area contributed by atoms with Crippen molar-refractivity contribution in [3.63, 3.8) is 0 Å². The molecule has 0 aromatic heterocycles. The summed E-state index contributed by atoms with van der Waals surface area (Å²) in [5.41, 5.74) is 1.90. The third-order valence-electron chi connectivity index (χ3n) is 4.82. The molecule has 146 valence electrons. The van der Waals surface area contributed by atoms with Crippen LogP contribution in [0.5, 0.6) is 17.2 Å². The average molecular weight is 375 g/mol. The number of hydrogen-bond donors (Lipinski definition) is 2. The molecule has 2 aliphatic rings. The van der Waals surface area contributed by atoms with Gasteiger partial charge in [0.1, 0.15) is 0 Å². The number of benzene rings is 1. The molecule has 8 nitrogen and oxygen atoms in total. The minimum Gasteiger partial charge on any atom is -0.493 e. The topological polar surface area (TPSA) is 89.1 Å². The van der Waals surface area contributed by atoms with E-state index in [9.17, 15) is 9.59 Å².